The number of aromatic amines is 1. The van der Waals surface area contributed by atoms with E-state index in [1.54, 1.807) is 0 Å². The van der Waals surface area contributed by atoms with Gasteiger partial charge in [-0.1, -0.05) is 12.1 Å². The first-order valence-electron chi connectivity index (χ1n) is 7.72. The average molecular weight is 346 g/mol. The number of anilines is 1. The number of hydrogen-bond donors (Lipinski definition) is 1. The van der Waals surface area contributed by atoms with Crippen LogP contribution in [0.1, 0.15) is 0 Å². The van der Waals surface area contributed by atoms with Gasteiger partial charge >= 0.3 is 0 Å². The molecule has 4 rings (SSSR count). The van der Waals surface area contributed by atoms with Crippen LogP contribution in [-0.2, 0) is 17.1 Å². The molecule has 3 aromatic rings. The number of benzene rings is 1. The summed E-state index contributed by atoms with van der Waals surface area (Å²) in [5.74, 6) is 0.870. The van der Waals surface area contributed by atoms with E-state index in [1.165, 1.54) is 16.8 Å². The summed E-state index contributed by atoms with van der Waals surface area (Å²) in [6.45, 7) is 2.05. The Morgan fingerprint density at radius 2 is 1.88 bits per heavy atom. The topological polar surface area (TPSA) is 87.1 Å². The first kappa shape index (κ1) is 15.2. The largest absolute Gasteiger partial charge is 0.340 e. The van der Waals surface area contributed by atoms with Crippen molar-refractivity contribution < 1.29 is 8.42 Å². The van der Waals surface area contributed by atoms with E-state index in [-0.39, 0.29) is 5.03 Å². The molecule has 0 saturated carbocycles. The minimum Gasteiger partial charge on any atom is -0.340 e. The number of aromatic nitrogens is 4. The lowest BCUT2D eigenvalue weighted by atomic mass is 10.3. The van der Waals surface area contributed by atoms with Crippen molar-refractivity contribution >= 4 is 27.0 Å². The van der Waals surface area contributed by atoms with Crippen LogP contribution < -0.4 is 4.90 Å². The molecule has 8 nitrogen and oxygen atoms in total. The smallest absolute Gasteiger partial charge is 0.260 e. The van der Waals surface area contributed by atoms with Gasteiger partial charge in [-0.05, 0) is 12.1 Å². The van der Waals surface area contributed by atoms with E-state index < -0.39 is 10.0 Å². The summed E-state index contributed by atoms with van der Waals surface area (Å²) in [4.78, 5) is 13.3. The molecular weight excluding hydrogens is 328 g/mol. The van der Waals surface area contributed by atoms with Gasteiger partial charge in [0.2, 0.25) is 5.95 Å². The van der Waals surface area contributed by atoms with Gasteiger partial charge in [0.25, 0.3) is 10.0 Å². The highest BCUT2D eigenvalue weighted by molar-refractivity contribution is 7.89. The molecule has 1 aromatic carbocycles. The lowest BCUT2D eigenvalue weighted by Crippen LogP contribution is -2.49. The molecule has 0 bridgehead atoms. The van der Waals surface area contributed by atoms with Gasteiger partial charge < -0.3 is 14.5 Å². The summed E-state index contributed by atoms with van der Waals surface area (Å²) in [7, 11) is -1.51. The van der Waals surface area contributed by atoms with Gasteiger partial charge in [-0.2, -0.15) is 4.31 Å². The Morgan fingerprint density at radius 3 is 2.54 bits per heavy atom. The quantitative estimate of drug-likeness (QED) is 0.758. The van der Waals surface area contributed by atoms with Gasteiger partial charge in [0, 0.05) is 33.2 Å². The molecule has 1 aliphatic rings. The van der Waals surface area contributed by atoms with Crippen LogP contribution in [0.25, 0.3) is 11.0 Å². The molecule has 0 amide bonds. The van der Waals surface area contributed by atoms with E-state index in [0.717, 1.165) is 17.0 Å². The first-order valence-corrected chi connectivity index (χ1v) is 9.16. The number of piperazine rings is 1. The van der Waals surface area contributed by atoms with E-state index in [1.807, 2.05) is 35.9 Å². The number of hydrogen-bond acceptors (Lipinski definition) is 5. The molecule has 126 valence electrons. The molecule has 1 aliphatic heterocycles. The number of nitrogens with one attached hydrogen (secondary N) is 1. The highest BCUT2D eigenvalue weighted by Gasteiger charge is 2.30. The number of para-hydroxylation sites is 2. The summed E-state index contributed by atoms with van der Waals surface area (Å²) in [6.07, 6.45) is 2.72. The Labute approximate surface area is 139 Å². The van der Waals surface area contributed by atoms with Crippen LogP contribution in [0.15, 0.2) is 41.8 Å². The van der Waals surface area contributed by atoms with Crippen LogP contribution in [0.2, 0.25) is 0 Å². The standard InChI is InChI=1S/C15H18N6O2S/c1-19-13-5-3-2-4-12(13)18-15(19)20-6-8-21(9-7-20)24(22,23)14-10-16-11-17-14/h2-5,10-11H,6-9H2,1H3,(H,16,17). The Balaban J connectivity index is 1.55. The molecule has 0 radical (unpaired) electrons. The minimum absolute atomic E-state index is 0.138. The molecule has 24 heavy (non-hydrogen) atoms. The third-order valence-corrected chi connectivity index (χ3v) is 6.20. The normalized spacial score (nSPS) is 16.8. The Bertz CT molecular complexity index is 955. The molecular formula is C15H18N6O2S. The van der Waals surface area contributed by atoms with Gasteiger partial charge in [-0.3, -0.25) is 0 Å². The molecule has 0 atom stereocenters. The second-order valence-electron chi connectivity index (χ2n) is 5.77. The van der Waals surface area contributed by atoms with Crippen LogP contribution >= 0.6 is 0 Å². The fourth-order valence-corrected chi connectivity index (χ4v) is 4.39. The molecule has 0 unspecified atom stereocenters. The van der Waals surface area contributed by atoms with Crippen molar-refractivity contribution in [2.24, 2.45) is 7.05 Å². The molecule has 0 aliphatic carbocycles. The molecule has 3 heterocycles. The number of fused-ring (bicyclic) bond motifs is 1. The summed E-state index contributed by atoms with van der Waals surface area (Å²) in [6, 6.07) is 7.97. The second-order valence-corrected chi connectivity index (χ2v) is 7.67. The van der Waals surface area contributed by atoms with E-state index in [2.05, 4.69) is 19.9 Å². The molecule has 1 fully saturated rings. The zero-order chi connectivity index (χ0) is 16.7. The van der Waals surface area contributed by atoms with Crippen molar-refractivity contribution in [3.63, 3.8) is 0 Å². The first-order chi connectivity index (χ1) is 11.6. The van der Waals surface area contributed by atoms with Crippen molar-refractivity contribution in [1.29, 1.82) is 0 Å². The van der Waals surface area contributed by atoms with E-state index in [4.69, 9.17) is 0 Å². The Morgan fingerprint density at radius 1 is 1.12 bits per heavy atom. The van der Waals surface area contributed by atoms with Gasteiger partial charge in [-0.15, -0.1) is 0 Å². The van der Waals surface area contributed by atoms with Crippen LogP contribution in [0.5, 0.6) is 0 Å². The van der Waals surface area contributed by atoms with E-state index >= 15 is 0 Å². The zero-order valence-electron chi connectivity index (χ0n) is 13.3. The molecule has 1 saturated heterocycles. The van der Waals surface area contributed by atoms with Gasteiger partial charge in [0.15, 0.2) is 5.03 Å². The summed E-state index contributed by atoms with van der Waals surface area (Å²) < 4.78 is 28.6. The average Bonchev–Trinajstić information content (AvgIpc) is 3.24. The summed E-state index contributed by atoms with van der Waals surface area (Å²) >= 11 is 0. The predicted molar refractivity (Wildman–Crippen MR) is 90.3 cm³/mol. The Kier molecular flexibility index (Phi) is 3.54. The highest BCUT2D eigenvalue weighted by Crippen LogP contribution is 2.23. The number of aryl methyl sites for hydroxylation is 1. The van der Waals surface area contributed by atoms with Crippen LogP contribution in [0.4, 0.5) is 5.95 Å². The maximum atomic E-state index is 12.5. The van der Waals surface area contributed by atoms with Crippen molar-refractivity contribution in [3.05, 3.63) is 36.8 Å². The number of nitrogens with zero attached hydrogens (tertiary/aromatic N) is 5. The lowest BCUT2D eigenvalue weighted by Gasteiger charge is -2.34. The van der Waals surface area contributed by atoms with Gasteiger partial charge in [0.05, 0.1) is 23.6 Å². The monoisotopic (exact) mass is 346 g/mol. The van der Waals surface area contributed by atoms with Crippen molar-refractivity contribution in [3.8, 4) is 0 Å². The number of sulfonamides is 1. The second kappa shape index (κ2) is 5.60. The highest BCUT2D eigenvalue weighted by atomic mass is 32.2. The summed E-state index contributed by atoms with van der Waals surface area (Å²) in [5, 5.41) is 0.138. The minimum atomic E-state index is -3.50. The zero-order valence-corrected chi connectivity index (χ0v) is 14.1. The fourth-order valence-electron chi connectivity index (χ4n) is 3.07. The molecule has 2 aromatic heterocycles. The predicted octanol–water partition coefficient (Wildman–Crippen LogP) is 0.807. The van der Waals surface area contributed by atoms with Gasteiger partial charge in [0.1, 0.15) is 0 Å². The van der Waals surface area contributed by atoms with E-state index in [0.29, 0.717) is 26.2 Å². The third kappa shape index (κ3) is 2.36. The van der Waals surface area contributed by atoms with Crippen LogP contribution in [0, 0.1) is 0 Å². The van der Waals surface area contributed by atoms with E-state index in [9.17, 15) is 8.42 Å². The fraction of sp³-hybridized carbons (Fsp3) is 0.333. The Hall–Kier alpha value is -2.39. The maximum absolute atomic E-state index is 12.5. The lowest BCUT2D eigenvalue weighted by molar-refractivity contribution is 0.380. The van der Waals surface area contributed by atoms with Gasteiger partial charge in [-0.25, -0.2) is 18.4 Å². The molecule has 0 spiro atoms. The summed E-state index contributed by atoms with van der Waals surface area (Å²) in [5.41, 5.74) is 2.02. The SMILES string of the molecule is Cn1c(N2CCN(S(=O)(=O)c3cnc[nH]3)CC2)nc2ccccc21. The molecule has 1 N–H and O–H groups in total. The number of rotatable bonds is 3. The molecule has 9 heteroatoms. The van der Waals surface area contributed by atoms with Crippen molar-refractivity contribution in [2.45, 2.75) is 5.03 Å². The van der Waals surface area contributed by atoms with Crippen molar-refractivity contribution in [1.82, 2.24) is 23.8 Å². The number of H-pyrrole nitrogens is 1. The maximum Gasteiger partial charge on any atom is 0.260 e. The van der Waals surface area contributed by atoms with Crippen molar-refractivity contribution in [2.75, 3.05) is 31.1 Å². The third-order valence-electron chi connectivity index (χ3n) is 4.38. The van der Waals surface area contributed by atoms with Crippen LogP contribution in [-0.4, -0.2) is 58.4 Å². The van der Waals surface area contributed by atoms with Crippen LogP contribution in [0.3, 0.4) is 0 Å². The number of imidazole rings is 2.